The van der Waals surface area contributed by atoms with Gasteiger partial charge in [-0.15, -0.1) is 0 Å². The zero-order chi connectivity index (χ0) is 10.4. The Labute approximate surface area is 87.2 Å². The summed E-state index contributed by atoms with van der Waals surface area (Å²) in [5, 5.41) is 3.35. The van der Waals surface area contributed by atoms with Crippen LogP contribution in [0.25, 0.3) is 0 Å². The minimum Gasteiger partial charge on any atom is -0.370 e. The van der Waals surface area contributed by atoms with E-state index in [4.69, 9.17) is 5.73 Å². The summed E-state index contributed by atoms with van der Waals surface area (Å²) in [4.78, 5) is 4.17. The van der Waals surface area contributed by atoms with Crippen LogP contribution in [0.4, 0.5) is 0 Å². The third kappa shape index (κ3) is 3.20. The predicted molar refractivity (Wildman–Crippen MR) is 61.3 cm³/mol. The van der Waals surface area contributed by atoms with Crippen molar-refractivity contribution < 1.29 is 0 Å². The zero-order valence-corrected chi connectivity index (χ0v) is 9.42. The molecule has 0 aliphatic heterocycles. The summed E-state index contributed by atoms with van der Waals surface area (Å²) in [6, 6.07) is 0.559. The predicted octanol–water partition coefficient (Wildman–Crippen LogP) is 1.88. The molecular formula is C11H23N3. The minimum atomic E-state index is 0.559. The van der Waals surface area contributed by atoms with Crippen LogP contribution in [0.15, 0.2) is 4.99 Å². The molecule has 0 saturated heterocycles. The van der Waals surface area contributed by atoms with Gasteiger partial charge in [-0.2, -0.15) is 0 Å². The van der Waals surface area contributed by atoms with Crippen LogP contribution in [-0.4, -0.2) is 18.5 Å². The molecule has 1 rings (SSSR count). The van der Waals surface area contributed by atoms with E-state index in [0.29, 0.717) is 12.0 Å². The topological polar surface area (TPSA) is 50.4 Å². The van der Waals surface area contributed by atoms with Crippen LogP contribution >= 0.6 is 0 Å². The Morgan fingerprint density at radius 1 is 1.36 bits per heavy atom. The average molecular weight is 197 g/mol. The van der Waals surface area contributed by atoms with Crippen molar-refractivity contribution in [2.75, 3.05) is 6.54 Å². The lowest BCUT2D eigenvalue weighted by Crippen LogP contribution is -2.45. The van der Waals surface area contributed by atoms with Crippen LogP contribution in [-0.2, 0) is 0 Å². The lowest BCUT2D eigenvalue weighted by atomic mass is 9.83. The minimum absolute atomic E-state index is 0.559. The number of hydrogen-bond donors (Lipinski definition) is 2. The second kappa shape index (κ2) is 5.89. The molecule has 1 saturated carbocycles. The Morgan fingerprint density at radius 3 is 2.71 bits per heavy atom. The van der Waals surface area contributed by atoms with Gasteiger partial charge in [-0.05, 0) is 25.7 Å². The van der Waals surface area contributed by atoms with Gasteiger partial charge in [-0.25, -0.2) is 0 Å². The highest BCUT2D eigenvalue weighted by atomic mass is 15.1. The SMILES string of the molecule is CCN=C(N)NC1CCCCC1CC. The van der Waals surface area contributed by atoms with Crippen molar-refractivity contribution in [2.45, 2.75) is 52.0 Å². The van der Waals surface area contributed by atoms with Crippen molar-refractivity contribution in [1.82, 2.24) is 5.32 Å². The molecule has 1 aliphatic rings. The van der Waals surface area contributed by atoms with Crippen LogP contribution in [0.2, 0.25) is 0 Å². The standard InChI is InChI=1S/C11H23N3/c1-3-9-7-5-6-8-10(9)14-11(12)13-4-2/h9-10H,3-8H2,1-2H3,(H3,12,13,14). The van der Waals surface area contributed by atoms with Gasteiger partial charge >= 0.3 is 0 Å². The maximum Gasteiger partial charge on any atom is 0.188 e. The molecule has 14 heavy (non-hydrogen) atoms. The van der Waals surface area contributed by atoms with Gasteiger partial charge in [0.05, 0.1) is 0 Å². The van der Waals surface area contributed by atoms with Crippen molar-refractivity contribution >= 4 is 5.96 Å². The number of nitrogens with one attached hydrogen (secondary N) is 1. The van der Waals surface area contributed by atoms with Crippen molar-refractivity contribution in [3.63, 3.8) is 0 Å². The van der Waals surface area contributed by atoms with E-state index in [1.165, 1.54) is 32.1 Å². The molecule has 2 unspecified atom stereocenters. The summed E-state index contributed by atoms with van der Waals surface area (Å²) >= 11 is 0. The van der Waals surface area contributed by atoms with Gasteiger partial charge in [0.2, 0.25) is 0 Å². The second-order valence-corrected chi connectivity index (χ2v) is 4.06. The van der Waals surface area contributed by atoms with E-state index in [1.54, 1.807) is 0 Å². The molecule has 3 nitrogen and oxygen atoms in total. The third-order valence-electron chi connectivity index (χ3n) is 3.10. The van der Waals surface area contributed by atoms with E-state index in [-0.39, 0.29) is 0 Å². The molecule has 1 fully saturated rings. The number of rotatable bonds is 3. The first-order chi connectivity index (χ1) is 6.77. The second-order valence-electron chi connectivity index (χ2n) is 4.06. The van der Waals surface area contributed by atoms with E-state index >= 15 is 0 Å². The van der Waals surface area contributed by atoms with E-state index in [1.807, 2.05) is 6.92 Å². The van der Waals surface area contributed by atoms with Crippen molar-refractivity contribution in [1.29, 1.82) is 0 Å². The van der Waals surface area contributed by atoms with Crippen molar-refractivity contribution in [3.05, 3.63) is 0 Å². The quantitative estimate of drug-likeness (QED) is 0.536. The normalized spacial score (nSPS) is 28.9. The maximum absolute atomic E-state index is 5.77. The molecule has 0 aromatic carbocycles. The fraction of sp³-hybridized carbons (Fsp3) is 0.909. The Morgan fingerprint density at radius 2 is 2.07 bits per heavy atom. The molecule has 0 spiro atoms. The highest BCUT2D eigenvalue weighted by Crippen LogP contribution is 2.26. The van der Waals surface area contributed by atoms with Gasteiger partial charge in [0, 0.05) is 12.6 Å². The monoisotopic (exact) mass is 197 g/mol. The summed E-state index contributed by atoms with van der Waals surface area (Å²) in [6.07, 6.45) is 6.54. The Kier molecular flexibility index (Phi) is 4.77. The molecule has 3 N–H and O–H groups in total. The summed E-state index contributed by atoms with van der Waals surface area (Å²) in [6.45, 7) is 5.03. The number of aliphatic imine (C=N–C) groups is 1. The number of hydrogen-bond acceptors (Lipinski definition) is 1. The smallest absolute Gasteiger partial charge is 0.188 e. The van der Waals surface area contributed by atoms with E-state index in [0.717, 1.165) is 12.5 Å². The number of nitrogens with zero attached hydrogens (tertiary/aromatic N) is 1. The van der Waals surface area contributed by atoms with Gasteiger partial charge in [0.15, 0.2) is 5.96 Å². The highest BCUT2D eigenvalue weighted by Gasteiger charge is 2.23. The fourth-order valence-electron chi connectivity index (χ4n) is 2.29. The molecule has 82 valence electrons. The van der Waals surface area contributed by atoms with Gasteiger partial charge in [0.1, 0.15) is 0 Å². The molecule has 0 bridgehead atoms. The first kappa shape index (κ1) is 11.3. The van der Waals surface area contributed by atoms with Gasteiger partial charge in [-0.1, -0.05) is 26.2 Å². The van der Waals surface area contributed by atoms with E-state index in [9.17, 15) is 0 Å². The molecule has 0 aromatic rings. The Balaban J connectivity index is 2.44. The summed E-state index contributed by atoms with van der Waals surface area (Å²) in [5.41, 5.74) is 5.77. The Bertz CT molecular complexity index is 189. The fourth-order valence-corrected chi connectivity index (χ4v) is 2.29. The molecular weight excluding hydrogens is 174 g/mol. The van der Waals surface area contributed by atoms with Crippen LogP contribution in [0.5, 0.6) is 0 Å². The van der Waals surface area contributed by atoms with Crippen molar-refractivity contribution in [2.24, 2.45) is 16.6 Å². The number of nitrogens with two attached hydrogens (primary N) is 1. The van der Waals surface area contributed by atoms with Crippen LogP contribution < -0.4 is 11.1 Å². The molecule has 1 aliphatic carbocycles. The van der Waals surface area contributed by atoms with Gasteiger partial charge in [0.25, 0.3) is 0 Å². The lowest BCUT2D eigenvalue weighted by molar-refractivity contribution is 0.279. The first-order valence-corrected chi connectivity index (χ1v) is 5.84. The molecule has 0 aromatic heterocycles. The average Bonchev–Trinajstić information content (AvgIpc) is 2.19. The van der Waals surface area contributed by atoms with E-state index in [2.05, 4.69) is 17.2 Å². The largest absolute Gasteiger partial charge is 0.370 e. The summed E-state index contributed by atoms with van der Waals surface area (Å²) in [7, 11) is 0. The van der Waals surface area contributed by atoms with Crippen LogP contribution in [0, 0.1) is 5.92 Å². The molecule has 3 heteroatoms. The Hall–Kier alpha value is -0.730. The van der Waals surface area contributed by atoms with E-state index < -0.39 is 0 Å². The summed E-state index contributed by atoms with van der Waals surface area (Å²) < 4.78 is 0. The molecule has 0 radical (unpaired) electrons. The van der Waals surface area contributed by atoms with Gasteiger partial charge in [-0.3, -0.25) is 4.99 Å². The molecule has 2 atom stereocenters. The summed E-state index contributed by atoms with van der Waals surface area (Å²) in [5.74, 6) is 1.41. The van der Waals surface area contributed by atoms with Crippen LogP contribution in [0.3, 0.4) is 0 Å². The highest BCUT2D eigenvalue weighted by molar-refractivity contribution is 5.78. The molecule has 0 amide bonds. The van der Waals surface area contributed by atoms with Gasteiger partial charge < -0.3 is 11.1 Å². The zero-order valence-electron chi connectivity index (χ0n) is 9.42. The lowest BCUT2D eigenvalue weighted by Gasteiger charge is -2.31. The van der Waals surface area contributed by atoms with Crippen molar-refractivity contribution in [3.8, 4) is 0 Å². The third-order valence-corrected chi connectivity index (χ3v) is 3.10. The molecule has 0 heterocycles. The number of guanidine groups is 1. The first-order valence-electron chi connectivity index (χ1n) is 5.84. The van der Waals surface area contributed by atoms with Crippen LogP contribution in [0.1, 0.15) is 46.0 Å². The maximum atomic E-state index is 5.77.